The van der Waals surface area contributed by atoms with Gasteiger partial charge in [0.25, 0.3) is 0 Å². The molecule has 0 saturated carbocycles. The van der Waals surface area contributed by atoms with Crippen molar-refractivity contribution in [2.45, 2.75) is 25.8 Å². The van der Waals surface area contributed by atoms with Gasteiger partial charge >= 0.3 is 0 Å². The minimum Gasteiger partial charge on any atom is -0.273 e. The maximum Gasteiger partial charge on any atom is 0.243 e. The molecule has 0 bridgehead atoms. The lowest BCUT2D eigenvalue weighted by Gasteiger charge is -2.20. The van der Waals surface area contributed by atoms with Crippen LogP contribution in [0.25, 0.3) is 0 Å². The summed E-state index contributed by atoms with van der Waals surface area (Å²) in [6, 6.07) is 10.3. The highest BCUT2D eigenvalue weighted by Gasteiger charge is 2.34. The van der Waals surface area contributed by atoms with Gasteiger partial charge < -0.3 is 0 Å². The van der Waals surface area contributed by atoms with Crippen LogP contribution < -0.4 is 0 Å². The van der Waals surface area contributed by atoms with Gasteiger partial charge in [-0.15, -0.1) is 0 Å². The molecule has 3 nitrogen and oxygen atoms in total. The Morgan fingerprint density at radius 2 is 2.07 bits per heavy atom. The van der Waals surface area contributed by atoms with E-state index in [-0.39, 0.29) is 17.9 Å². The van der Waals surface area contributed by atoms with E-state index in [9.17, 15) is 4.79 Å². The van der Waals surface area contributed by atoms with Crippen LogP contribution in [0.2, 0.25) is 0 Å². The van der Waals surface area contributed by atoms with Gasteiger partial charge in [0.1, 0.15) is 0 Å². The Morgan fingerprint density at radius 3 is 2.60 bits per heavy atom. The third-order valence-electron chi connectivity index (χ3n) is 2.88. The molecule has 1 fully saturated rings. The molecule has 1 amide bonds. The number of carbonyl (C=O) groups excluding carboxylic acids is 1. The summed E-state index contributed by atoms with van der Waals surface area (Å²) in [7, 11) is 0. The quantitative estimate of drug-likeness (QED) is 0.701. The molecule has 0 spiro atoms. The molecule has 1 saturated heterocycles. The summed E-state index contributed by atoms with van der Waals surface area (Å²) in [4.78, 5) is 16.6. The second-order valence-electron chi connectivity index (χ2n) is 3.90. The first-order valence-electron chi connectivity index (χ1n) is 5.18. The summed E-state index contributed by atoms with van der Waals surface area (Å²) in [5.74, 6) is 0.260. The fourth-order valence-corrected chi connectivity index (χ4v) is 2.03. The van der Waals surface area contributed by atoms with Gasteiger partial charge in [-0.05, 0) is 12.5 Å². The topological polar surface area (TPSA) is 29.5 Å². The summed E-state index contributed by atoms with van der Waals surface area (Å²) in [5, 5.41) is 1.47. The fourth-order valence-electron chi connectivity index (χ4n) is 2.03. The Kier molecular flexibility index (Phi) is 2.73. The van der Waals surface area contributed by atoms with Gasteiger partial charge in [0, 0.05) is 12.8 Å². The van der Waals surface area contributed by atoms with Gasteiger partial charge in [-0.2, -0.15) is 0 Å². The Balaban J connectivity index is 2.17. The highest BCUT2D eigenvalue weighted by molar-refractivity contribution is 5.72. The number of benzene rings is 1. The van der Waals surface area contributed by atoms with E-state index >= 15 is 0 Å². The van der Waals surface area contributed by atoms with Crippen molar-refractivity contribution in [3.63, 3.8) is 0 Å². The average molecular weight is 205 g/mol. The summed E-state index contributed by atoms with van der Waals surface area (Å²) < 4.78 is 0. The van der Waals surface area contributed by atoms with Crippen LogP contribution in [0.4, 0.5) is 0 Å². The molecule has 2 rings (SSSR count). The summed E-state index contributed by atoms with van der Waals surface area (Å²) in [6.07, 6.45) is 0. The molecule has 0 aromatic heterocycles. The molecule has 80 valence electrons. The second kappa shape index (κ2) is 4.03. The van der Waals surface area contributed by atoms with Crippen LogP contribution in [0.3, 0.4) is 0 Å². The summed E-state index contributed by atoms with van der Waals surface area (Å²) >= 11 is 0. The molecule has 3 heteroatoms. The third kappa shape index (κ3) is 1.88. The van der Waals surface area contributed by atoms with Crippen LogP contribution in [0.15, 0.2) is 30.3 Å². The smallest absolute Gasteiger partial charge is 0.243 e. The van der Waals surface area contributed by atoms with Crippen molar-refractivity contribution in [3.05, 3.63) is 35.9 Å². The van der Waals surface area contributed by atoms with Crippen LogP contribution in [-0.4, -0.2) is 23.6 Å². The van der Waals surface area contributed by atoms with Gasteiger partial charge in [-0.25, -0.2) is 5.06 Å². The lowest BCUT2D eigenvalue weighted by atomic mass is 9.94. The zero-order chi connectivity index (χ0) is 10.8. The number of hydrogen-bond donors (Lipinski definition) is 0. The molecule has 0 N–H and O–H groups in total. The van der Waals surface area contributed by atoms with Crippen LogP contribution in [0, 0.1) is 0 Å². The monoisotopic (exact) mass is 205 g/mol. The predicted molar refractivity (Wildman–Crippen MR) is 57.1 cm³/mol. The SMILES string of the molecule is CC(=O)N1OCC(c2ccccc2)C1C. The normalized spacial score (nSPS) is 25.6. The van der Waals surface area contributed by atoms with E-state index in [0.29, 0.717) is 6.61 Å². The number of amides is 1. The lowest BCUT2D eigenvalue weighted by molar-refractivity contribution is -0.172. The molecule has 0 radical (unpaired) electrons. The van der Waals surface area contributed by atoms with E-state index < -0.39 is 0 Å². The highest BCUT2D eigenvalue weighted by Crippen LogP contribution is 2.30. The van der Waals surface area contributed by atoms with Crippen molar-refractivity contribution in [1.82, 2.24) is 5.06 Å². The molecule has 15 heavy (non-hydrogen) atoms. The maximum absolute atomic E-state index is 11.2. The van der Waals surface area contributed by atoms with E-state index in [1.165, 1.54) is 17.6 Å². The van der Waals surface area contributed by atoms with Crippen LogP contribution in [-0.2, 0) is 9.63 Å². The van der Waals surface area contributed by atoms with Crippen LogP contribution in [0.1, 0.15) is 25.3 Å². The predicted octanol–water partition coefficient (Wildman–Crippen LogP) is 1.95. The molecule has 2 unspecified atom stereocenters. The van der Waals surface area contributed by atoms with Crippen molar-refractivity contribution < 1.29 is 9.63 Å². The van der Waals surface area contributed by atoms with Gasteiger partial charge in [0.2, 0.25) is 5.91 Å². The standard InChI is InChI=1S/C12H15NO2/c1-9-12(8-15-13(9)10(2)14)11-6-4-3-5-7-11/h3-7,9,12H,8H2,1-2H3. The zero-order valence-electron chi connectivity index (χ0n) is 9.01. The molecule has 1 aromatic rings. The Bertz CT molecular complexity index is 350. The Morgan fingerprint density at radius 1 is 1.40 bits per heavy atom. The largest absolute Gasteiger partial charge is 0.273 e. The number of nitrogens with zero attached hydrogens (tertiary/aromatic N) is 1. The Labute approximate surface area is 89.6 Å². The van der Waals surface area contributed by atoms with Crippen molar-refractivity contribution in [2.24, 2.45) is 0 Å². The molecular weight excluding hydrogens is 190 g/mol. The van der Waals surface area contributed by atoms with E-state index in [1.54, 1.807) is 0 Å². The molecule has 1 aliphatic rings. The number of hydroxylamine groups is 2. The van der Waals surface area contributed by atoms with Crippen LogP contribution in [0.5, 0.6) is 0 Å². The van der Waals surface area contributed by atoms with Crippen LogP contribution >= 0.6 is 0 Å². The zero-order valence-corrected chi connectivity index (χ0v) is 9.01. The van der Waals surface area contributed by atoms with Gasteiger partial charge in [0.15, 0.2) is 0 Å². The first kappa shape index (κ1) is 10.2. The molecule has 1 aromatic carbocycles. The van der Waals surface area contributed by atoms with E-state index in [4.69, 9.17) is 4.84 Å². The van der Waals surface area contributed by atoms with E-state index in [2.05, 4.69) is 12.1 Å². The molecule has 1 aliphatic heterocycles. The van der Waals surface area contributed by atoms with Gasteiger partial charge in [0.05, 0.1) is 12.6 Å². The number of hydrogen-bond acceptors (Lipinski definition) is 2. The lowest BCUT2D eigenvalue weighted by Crippen LogP contribution is -2.32. The van der Waals surface area contributed by atoms with Crippen molar-refractivity contribution >= 4 is 5.91 Å². The first-order chi connectivity index (χ1) is 7.20. The van der Waals surface area contributed by atoms with Crippen molar-refractivity contribution in [1.29, 1.82) is 0 Å². The minimum absolute atomic E-state index is 0.0269. The van der Waals surface area contributed by atoms with Gasteiger partial charge in [-0.3, -0.25) is 9.63 Å². The Hall–Kier alpha value is -1.35. The molecule has 0 aliphatic carbocycles. The number of carbonyl (C=O) groups is 1. The van der Waals surface area contributed by atoms with E-state index in [1.807, 2.05) is 25.1 Å². The van der Waals surface area contributed by atoms with Gasteiger partial charge in [-0.1, -0.05) is 30.3 Å². The fraction of sp³-hybridized carbons (Fsp3) is 0.417. The first-order valence-corrected chi connectivity index (χ1v) is 5.18. The minimum atomic E-state index is -0.0269. The van der Waals surface area contributed by atoms with Crippen molar-refractivity contribution in [2.75, 3.05) is 6.61 Å². The highest BCUT2D eigenvalue weighted by atomic mass is 16.7. The maximum atomic E-state index is 11.2. The third-order valence-corrected chi connectivity index (χ3v) is 2.88. The van der Waals surface area contributed by atoms with Crippen molar-refractivity contribution in [3.8, 4) is 0 Å². The second-order valence-corrected chi connectivity index (χ2v) is 3.90. The van der Waals surface area contributed by atoms with E-state index in [0.717, 1.165) is 0 Å². The summed E-state index contributed by atoms with van der Waals surface area (Å²) in [5.41, 5.74) is 1.23. The molecule has 2 atom stereocenters. The molecular formula is C12H15NO2. The molecule has 1 heterocycles. The average Bonchev–Trinajstić information content (AvgIpc) is 2.61. The number of rotatable bonds is 1. The summed E-state index contributed by atoms with van der Waals surface area (Å²) in [6.45, 7) is 4.14.